The van der Waals surface area contributed by atoms with Crippen molar-refractivity contribution in [2.75, 3.05) is 6.54 Å². The number of carbonyl (C=O) groups excluding carboxylic acids is 1. The Morgan fingerprint density at radius 3 is 2.41 bits per heavy atom. The van der Waals surface area contributed by atoms with Crippen LogP contribution in [0.4, 0.5) is 0 Å². The highest BCUT2D eigenvalue weighted by Crippen LogP contribution is 2.23. The summed E-state index contributed by atoms with van der Waals surface area (Å²) in [5, 5.41) is 6.56. The molecule has 2 N–H and O–H groups in total. The third-order valence-corrected chi connectivity index (χ3v) is 4.36. The zero-order chi connectivity index (χ0) is 12.1. The van der Waals surface area contributed by atoms with E-state index in [0.717, 1.165) is 6.42 Å². The van der Waals surface area contributed by atoms with Crippen molar-refractivity contribution in [3.8, 4) is 0 Å². The van der Waals surface area contributed by atoms with Gasteiger partial charge >= 0.3 is 0 Å². The van der Waals surface area contributed by atoms with Gasteiger partial charge in [-0.2, -0.15) is 0 Å². The van der Waals surface area contributed by atoms with Gasteiger partial charge in [0.2, 0.25) is 5.91 Å². The standard InChI is InChI=1S/C14H26N2O/c1-11-6-2-5-9-13(11)16-14(17)10-15-12-7-3-4-8-12/h11-13,15H,2-10H2,1H3,(H,16,17). The van der Waals surface area contributed by atoms with Gasteiger partial charge in [0.25, 0.3) is 0 Å². The van der Waals surface area contributed by atoms with Crippen LogP contribution in [-0.4, -0.2) is 24.5 Å². The largest absolute Gasteiger partial charge is 0.352 e. The second-order valence-corrected chi connectivity index (χ2v) is 5.80. The Morgan fingerprint density at radius 2 is 1.71 bits per heavy atom. The Balaban J connectivity index is 1.65. The molecule has 1 amide bonds. The second-order valence-electron chi connectivity index (χ2n) is 5.80. The first kappa shape index (κ1) is 12.9. The summed E-state index contributed by atoms with van der Waals surface area (Å²) in [6, 6.07) is 1.01. The third kappa shape index (κ3) is 3.98. The van der Waals surface area contributed by atoms with Crippen LogP contribution in [0.2, 0.25) is 0 Å². The van der Waals surface area contributed by atoms with Crippen LogP contribution < -0.4 is 10.6 Å². The van der Waals surface area contributed by atoms with Gasteiger partial charge in [0.15, 0.2) is 0 Å². The van der Waals surface area contributed by atoms with E-state index in [0.29, 0.717) is 24.5 Å². The van der Waals surface area contributed by atoms with Crippen LogP contribution in [-0.2, 0) is 4.79 Å². The molecule has 0 spiro atoms. The number of rotatable bonds is 4. The van der Waals surface area contributed by atoms with Gasteiger partial charge in [-0.05, 0) is 31.6 Å². The molecule has 2 atom stereocenters. The summed E-state index contributed by atoms with van der Waals surface area (Å²) in [4.78, 5) is 11.8. The molecule has 2 fully saturated rings. The van der Waals surface area contributed by atoms with E-state index in [4.69, 9.17) is 0 Å². The van der Waals surface area contributed by atoms with E-state index < -0.39 is 0 Å². The number of nitrogens with one attached hydrogen (secondary N) is 2. The molecular weight excluding hydrogens is 212 g/mol. The lowest BCUT2D eigenvalue weighted by Gasteiger charge is -2.29. The topological polar surface area (TPSA) is 41.1 Å². The van der Waals surface area contributed by atoms with Gasteiger partial charge in [-0.15, -0.1) is 0 Å². The predicted octanol–water partition coefficient (Wildman–Crippen LogP) is 2.21. The number of amides is 1. The zero-order valence-electron chi connectivity index (χ0n) is 11.0. The molecule has 3 nitrogen and oxygen atoms in total. The van der Waals surface area contributed by atoms with E-state index in [1.54, 1.807) is 0 Å². The fraction of sp³-hybridized carbons (Fsp3) is 0.929. The average Bonchev–Trinajstić information content (AvgIpc) is 2.82. The highest BCUT2D eigenvalue weighted by molar-refractivity contribution is 5.78. The molecule has 0 aromatic heterocycles. The zero-order valence-corrected chi connectivity index (χ0v) is 11.0. The van der Waals surface area contributed by atoms with E-state index in [1.165, 1.54) is 44.9 Å². The quantitative estimate of drug-likeness (QED) is 0.788. The number of hydrogen-bond donors (Lipinski definition) is 2. The fourth-order valence-corrected chi connectivity index (χ4v) is 3.16. The molecule has 98 valence electrons. The van der Waals surface area contributed by atoms with Crippen molar-refractivity contribution in [1.82, 2.24) is 10.6 Å². The molecule has 0 radical (unpaired) electrons. The van der Waals surface area contributed by atoms with E-state index in [-0.39, 0.29) is 5.91 Å². The Bertz CT molecular complexity index is 249. The monoisotopic (exact) mass is 238 g/mol. The molecule has 2 rings (SSSR count). The molecule has 3 heteroatoms. The van der Waals surface area contributed by atoms with E-state index in [2.05, 4.69) is 17.6 Å². The summed E-state index contributed by atoms with van der Waals surface area (Å²) < 4.78 is 0. The summed E-state index contributed by atoms with van der Waals surface area (Å²) in [7, 11) is 0. The molecule has 2 aliphatic rings. The Morgan fingerprint density at radius 1 is 1.06 bits per heavy atom. The molecule has 0 aliphatic heterocycles. The molecule has 0 heterocycles. The van der Waals surface area contributed by atoms with Crippen molar-refractivity contribution in [3.05, 3.63) is 0 Å². The molecular formula is C14H26N2O. The lowest BCUT2D eigenvalue weighted by molar-refractivity contribution is -0.121. The smallest absolute Gasteiger partial charge is 0.234 e. The molecule has 2 aliphatic carbocycles. The van der Waals surface area contributed by atoms with Gasteiger partial charge in [0.1, 0.15) is 0 Å². The second kappa shape index (κ2) is 6.39. The third-order valence-electron chi connectivity index (χ3n) is 4.36. The summed E-state index contributed by atoms with van der Waals surface area (Å²) >= 11 is 0. The van der Waals surface area contributed by atoms with E-state index in [1.807, 2.05) is 0 Å². The van der Waals surface area contributed by atoms with Gasteiger partial charge in [0, 0.05) is 12.1 Å². The predicted molar refractivity (Wildman–Crippen MR) is 69.8 cm³/mol. The van der Waals surface area contributed by atoms with Crippen molar-refractivity contribution in [1.29, 1.82) is 0 Å². The van der Waals surface area contributed by atoms with Gasteiger partial charge in [-0.25, -0.2) is 0 Å². The minimum Gasteiger partial charge on any atom is -0.352 e. The Hall–Kier alpha value is -0.570. The van der Waals surface area contributed by atoms with Crippen LogP contribution in [0.25, 0.3) is 0 Å². The minimum atomic E-state index is 0.190. The van der Waals surface area contributed by atoms with Crippen molar-refractivity contribution in [3.63, 3.8) is 0 Å². The van der Waals surface area contributed by atoms with Gasteiger partial charge < -0.3 is 10.6 Å². The van der Waals surface area contributed by atoms with Crippen LogP contribution >= 0.6 is 0 Å². The van der Waals surface area contributed by atoms with Gasteiger partial charge in [0.05, 0.1) is 6.54 Å². The van der Waals surface area contributed by atoms with Gasteiger partial charge in [-0.1, -0.05) is 32.6 Å². The molecule has 2 saturated carbocycles. The van der Waals surface area contributed by atoms with Crippen molar-refractivity contribution < 1.29 is 4.79 Å². The van der Waals surface area contributed by atoms with Crippen molar-refractivity contribution >= 4 is 5.91 Å². The van der Waals surface area contributed by atoms with Crippen LogP contribution in [0.15, 0.2) is 0 Å². The van der Waals surface area contributed by atoms with E-state index in [9.17, 15) is 4.79 Å². The van der Waals surface area contributed by atoms with E-state index >= 15 is 0 Å². The summed E-state index contributed by atoms with van der Waals surface area (Å²) in [5.74, 6) is 0.842. The summed E-state index contributed by atoms with van der Waals surface area (Å²) in [6.07, 6.45) is 10.1. The minimum absolute atomic E-state index is 0.190. The van der Waals surface area contributed by atoms with Crippen molar-refractivity contribution in [2.24, 2.45) is 5.92 Å². The molecule has 0 bridgehead atoms. The molecule has 0 aromatic rings. The summed E-state index contributed by atoms with van der Waals surface area (Å²) in [6.45, 7) is 2.77. The Kier molecular flexibility index (Phi) is 4.84. The molecule has 0 saturated heterocycles. The first-order valence-corrected chi connectivity index (χ1v) is 7.28. The lowest BCUT2D eigenvalue weighted by Crippen LogP contribution is -2.46. The van der Waals surface area contributed by atoms with Crippen molar-refractivity contribution in [2.45, 2.75) is 70.4 Å². The highest BCUT2D eigenvalue weighted by Gasteiger charge is 2.23. The first-order chi connectivity index (χ1) is 8.25. The summed E-state index contributed by atoms with van der Waals surface area (Å²) in [5.41, 5.74) is 0. The van der Waals surface area contributed by atoms with Gasteiger partial charge in [-0.3, -0.25) is 4.79 Å². The average molecular weight is 238 g/mol. The SMILES string of the molecule is CC1CCCCC1NC(=O)CNC1CCCC1. The maximum absolute atomic E-state index is 11.8. The number of hydrogen-bond acceptors (Lipinski definition) is 2. The van der Waals surface area contributed by atoms with Crippen LogP contribution in [0, 0.1) is 5.92 Å². The van der Waals surface area contributed by atoms with Crippen LogP contribution in [0.1, 0.15) is 58.3 Å². The molecule has 0 aromatic carbocycles. The van der Waals surface area contributed by atoms with Crippen LogP contribution in [0.5, 0.6) is 0 Å². The normalized spacial score (nSPS) is 30.4. The first-order valence-electron chi connectivity index (χ1n) is 7.28. The molecule has 2 unspecified atom stereocenters. The fourth-order valence-electron chi connectivity index (χ4n) is 3.16. The molecule has 17 heavy (non-hydrogen) atoms. The lowest BCUT2D eigenvalue weighted by atomic mass is 9.86. The Labute approximate surface area is 105 Å². The van der Waals surface area contributed by atoms with Crippen LogP contribution in [0.3, 0.4) is 0 Å². The number of carbonyl (C=O) groups is 1. The maximum Gasteiger partial charge on any atom is 0.234 e. The maximum atomic E-state index is 11.8. The highest BCUT2D eigenvalue weighted by atomic mass is 16.2.